The van der Waals surface area contributed by atoms with Gasteiger partial charge in [-0.05, 0) is 18.9 Å². The van der Waals surface area contributed by atoms with Crippen molar-refractivity contribution in [2.75, 3.05) is 47.6 Å². The Balaban J connectivity index is 1.55. The van der Waals surface area contributed by atoms with Gasteiger partial charge in [-0.1, -0.05) is 12.1 Å². The van der Waals surface area contributed by atoms with Crippen LogP contribution in [0.4, 0.5) is 0 Å². The highest BCUT2D eigenvalue weighted by atomic mass is 16.5. The number of hydrogen-bond acceptors (Lipinski definition) is 6. The molecular formula is C22H31N3O5. The maximum Gasteiger partial charge on any atom is 0.227 e. The fourth-order valence-corrected chi connectivity index (χ4v) is 3.85. The van der Waals surface area contributed by atoms with Crippen molar-refractivity contribution in [2.24, 2.45) is 0 Å². The second-order valence-electron chi connectivity index (χ2n) is 7.27. The lowest BCUT2D eigenvalue weighted by Crippen LogP contribution is -2.39. The molecule has 0 aliphatic carbocycles. The number of benzene rings is 1. The molecule has 1 aliphatic rings. The third-order valence-electron chi connectivity index (χ3n) is 5.45. The van der Waals surface area contributed by atoms with Gasteiger partial charge in [-0.3, -0.25) is 4.79 Å². The van der Waals surface area contributed by atoms with Crippen LogP contribution in [0.15, 0.2) is 30.6 Å². The molecule has 1 aliphatic heterocycles. The van der Waals surface area contributed by atoms with Crippen molar-refractivity contribution in [3.05, 3.63) is 42.0 Å². The first-order valence-corrected chi connectivity index (χ1v) is 10.2. The van der Waals surface area contributed by atoms with Gasteiger partial charge in [0.25, 0.3) is 0 Å². The number of aromatic nitrogens is 2. The number of methoxy groups -OCH3 is 3. The Morgan fingerprint density at radius 2 is 1.93 bits per heavy atom. The summed E-state index contributed by atoms with van der Waals surface area (Å²) in [6, 6.07) is 5.62. The van der Waals surface area contributed by atoms with E-state index in [1.165, 1.54) is 0 Å². The van der Waals surface area contributed by atoms with Crippen LogP contribution in [-0.4, -0.2) is 68.0 Å². The fourth-order valence-electron chi connectivity index (χ4n) is 3.85. The van der Waals surface area contributed by atoms with Crippen LogP contribution in [0.3, 0.4) is 0 Å². The predicted octanol–water partition coefficient (Wildman–Crippen LogP) is 2.47. The summed E-state index contributed by atoms with van der Waals surface area (Å²) in [4.78, 5) is 19.3. The van der Waals surface area contributed by atoms with Gasteiger partial charge in [-0.25, -0.2) is 4.98 Å². The van der Waals surface area contributed by atoms with E-state index in [1.54, 1.807) is 21.3 Å². The van der Waals surface area contributed by atoms with Gasteiger partial charge in [-0.15, -0.1) is 0 Å². The van der Waals surface area contributed by atoms with Crippen LogP contribution in [-0.2, 0) is 27.4 Å². The molecule has 1 fully saturated rings. The van der Waals surface area contributed by atoms with Crippen LogP contribution in [0.1, 0.15) is 30.1 Å². The molecule has 1 aromatic heterocycles. The molecule has 8 heteroatoms. The number of rotatable bonds is 10. The summed E-state index contributed by atoms with van der Waals surface area (Å²) in [5, 5.41) is 0. The minimum Gasteiger partial charge on any atom is -0.493 e. The van der Waals surface area contributed by atoms with E-state index >= 15 is 0 Å². The standard InChI is InChI=1S/C22H31N3O5/c1-27-13-14-30-16-25-12-9-23-22(25)17-7-10-24(11-8-17)20(26)15-18-5-4-6-19(28-2)21(18)29-3/h4-6,9,12,17H,7-8,10-11,13-16H2,1-3H3. The van der Waals surface area contributed by atoms with Crippen molar-refractivity contribution < 1.29 is 23.7 Å². The number of ether oxygens (including phenoxy) is 4. The summed E-state index contributed by atoms with van der Waals surface area (Å²) in [7, 11) is 4.85. The minimum absolute atomic E-state index is 0.103. The van der Waals surface area contributed by atoms with Gasteiger partial charge in [0.05, 0.1) is 33.9 Å². The van der Waals surface area contributed by atoms with E-state index in [0.29, 0.717) is 56.9 Å². The SMILES string of the molecule is COCCOCn1ccnc1C1CCN(C(=O)Cc2cccc(OC)c2OC)CC1. The molecule has 2 aromatic rings. The van der Waals surface area contributed by atoms with Crippen molar-refractivity contribution >= 4 is 5.91 Å². The van der Waals surface area contributed by atoms with E-state index in [0.717, 1.165) is 24.2 Å². The van der Waals surface area contributed by atoms with E-state index in [2.05, 4.69) is 4.98 Å². The minimum atomic E-state index is 0.103. The topological polar surface area (TPSA) is 75.1 Å². The molecule has 0 spiro atoms. The average Bonchev–Trinajstić information content (AvgIpc) is 3.25. The van der Waals surface area contributed by atoms with E-state index in [4.69, 9.17) is 18.9 Å². The molecule has 0 atom stereocenters. The number of carbonyl (C=O) groups is 1. The molecule has 3 rings (SSSR count). The van der Waals surface area contributed by atoms with Crippen molar-refractivity contribution in [1.82, 2.24) is 14.5 Å². The number of nitrogens with zero attached hydrogens (tertiary/aromatic N) is 3. The summed E-state index contributed by atoms with van der Waals surface area (Å²) in [5.74, 6) is 2.71. The molecule has 0 radical (unpaired) electrons. The number of piperidine rings is 1. The lowest BCUT2D eigenvalue weighted by atomic mass is 9.95. The van der Waals surface area contributed by atoms with Crippen molar-refractivity contribution in [3.8, 4) is 11.5 Å². The smallest absolute Gasteiger partial charge is 0.227 e. The van der Waals surface area contributed by atoms with Crippen LogP contribution < -0.4 is 9.47 Å². The number of amides is 1. The van der Waals surface area contributed by atoms with Crippen LogP contribution in [0.2, 0.25) is 0 Å². The predicted molar refractivity (Wildman–Crippen MR) is 112 cm³/mol. The maximum atomic E-state index is 12.9. The molecule has 0 N–H and O–H groups in total. The summed E-state index contributed by atoms with van der Waals surface area (Å²) in [6.07, 6.45) is 5.81. The van der Waals surface area contributed by atoms with Crippen LogP contribution >= 0.6 is 0 Å². The van der Waals surface area contributed by atoms with Gasteiger partial charge in [0, 0.05) is 44.1 Å². The van der Waals surface area contributed by atoms with Crippen molar-refractivity contribution in [1.29, 1.82) is 0 Å². The largest absolute Gasteiger partial charge is 0.493 e. The van der Waals surface area contributed by atoms with Crippen LogP contribution in [0.5, 0.6) is 11.5 Å². The molecular weight excluding hydrogens is 386 g/mol. The van der Waals surface area contributed by atoms with E-state index < -0.39 is 0 Å². The second-order valence-corrected chi connectivity index (χ2v) is 7.27. The molecule has 1 amide bonds. The Morgan fingerprint density at radius 3 is 2.63 bits per heavy atom. The Hall–Kier alpha value is -2.58. The summed E-state index contributed by atoms with van der Waals surface area (Å²) in [6.45, 7) is 3.02. The Morgan fingerprint density at radius 1 is 1.13 bits per heavy atom. The monoisotopic (exact) mass is 417 g/mol. The highest BCUT2D eigenvalue weighted by Crippen LogP contribution is 2.32. The number of likely N-dealkylation sites (tertiary alicyclic amines) is 1. The van der Waals surface area contributed by atoms with Crippen molar-refractivity contribution in [2.45, 2.75) is 31.9 Å². The van der Waals surface area contributed by atoms with Gasteiger partial charge in [0.1, 0.15) is 12.6 Å². The molecule has 30 heavy (non-hydrogen) atoms. The molecule has 164 valence electrons. The molecule has 8 nitrogen and oxygen atoms in total. The first-order valence-electron chi connectivity index (χ1n) is 10.2. The number of carbonyl (C=O) groups excluding carboxylic acids is 1. The first kappa shape index (κ1) is 22.1. The highest BCUT2D eigenvalue weighted by Gasteiger charge is 2.27. The maximum absolute atomic E-state index is 12.9. The van der Waals surface area contributed by atoms with E-state index in [9.17, 15) is 4.79 Å². The van der Waals surface area contributed by atoms with Crippen LogP contribution in [0, 0.1) is 0 Å². The zero-order chi connectivity index (χ0) is 21.3. The molecule has 0 unspecified atom stereocenters. The van der Waals surface area contributed by atoms with Crippen LogP contribution in [0.25, 0.3) is 0 Å². The van der Waals surface area contributed by atoms with E-state index in [-0.39, 0.29) is 5.91 Å². The third-order valence-corrected chi connectivity index (χ3v) is 5.45. The number of para-hydroxylation sites is 1. The van der Waals surface area contributed by atoms with Gasteiger partial charge >= 0.3 is 0 Å². The van der Waals surface area contributed by atoms with Gasteiger partial charge in [0.2, 0.25) is 5.91 Å². The lowest BCUT2D eigenvalue weighted by molar-refractivity contribution is -0.131. The summed E-state index contributed by atoms with van der Waals surface area (Å²) < 4.78 is 23.5. The molecule has 1 aromatic carbocycles. The molecule has 0 bridgehead atoms. The van der Waals surface area contributed by atoms with E-state index in [1.807, 2.05) is 40.1 Å². The second kappa shape index (κ2) is 11.0. The normalized spacial score (nSPS) is 14.7. The lowest BCUT2D eigenvalue weighted by Gasteiger charge is -2.32. The zero-order valence-corrected chi connectivity index (χ0v) is 18.0. The number of hydrogen-bond donors (Lipinski definition) is 0. The fraction of sp³-hybridized carbons (Fsp3) is 0.545. The molecule has 2 heterocycles. The Labute approximate surface area is 177 Å². The Kier molecular flexibility index (Phi) is 8.10. The quantitative estimate of drug-likeness (QED) is 0.553. The highest BCUT2D eigenvalue weighted by molar-refractivity contribution is 5.80. The molecule has 0 saturated carbocycles. The number of imidazole rings is 1. The van der Waals surface area contributed by atoms with Crippen molar-refractivity contribution in [3.63, 3.8) is 0 Å². The molecule has 1 saturated heterocycles. The first-order chi connectivity index (χ1) is 14.7. The Bertz CT molecular complexity index is 815. The third kappa shape index (κ3) is 5.31. The zero-order valence-electron chi connectivity index (χ0n) is 18.0. The summed E-state index contributed by atoms with van der Waals surface area (Å²) >= 11 is 0. The van der Waals surface area contributed by atoms with Gasteiger partial charge < -0.3 is 28.4 Å². The van der Waals surface area contributed by atoms with Gasteiger partial charge in [-0.2, -0.15) is 0 Å². The summed E-state index contributed by atoms with van der Waals surface area (Å²) in [5.41, 5.74) is 0.840. The van der Waals surface area contributed by atoms with Gasteiger partial charge in [0.15, 0.2) is 11.5 Å². The average molecular weight is 418 g/mol.